The first-order chi connectivity index (χ1) is 17.1. The fourth-order valence-corrected chi connectivity index (χ4v) is 4.17. The maximum Gasteiger partial charge on any atom is 0.233 e. The van der Waals surface area contributed by atoms with E-state index in [-0.39, 0.29) is 17.0 Å². The molecule has 0 radical (unpaired) electrons. The summed E-state index contributed by atoms with van der Waals surface area (Å²) in [5.74, 6) is -0.0307. The van der Waals surface area contributed by atoms with Crippen molar-refractivity contribution >= 4 is 16.6 Å². The second-order valence-electron chi connectivity index (χ2n) is 8.00. The van der Waals surface area contributed by atoms with Crippen molar-refractivity contribution in [2.24, 2.45) is 0 Å². The smallest absolute Gasteiger partial charge is 0.233 e. The number of aromatic nitrogens is 4. The maximum atomic E-state index is 15.3. The normalized spacial score (nSPS) is 14.7. The number of hydrogen-bond acceptors (Lipinski definition) is 9. The SMILES string of the molecule is COc1ccc(C(O)c2cc(-c3ncnc4cc(N5CCOCC5)ccc34)c(F)cc2OC)nn1. The Morgan fingerprint density at radius 2 is 1.83 bits per heavy atom. The Hall–Kier alpha value is -3.89. The first-order valence-corrected chi connectivity index (χ1v) is 11.1. The van der Waals surface area contributed by atoms with Gasteiger partial charge in [-0.25, -0.2) is 14.4 Å². The van der Waals surface area contributed by atoms with Gasteiger partial charge < -0.3 is 24.2 Å². The molecule has 0 saturated carbocycles. The van der Waals surface area contributed by atoms with E-state index in [0.717, 1.165) is 18.8 Å². The van der Waals surface area contributed by atoms with Gasteiger partial charge in [-0.2, -0.15) is 0 Å². The number of fused-ring (bicyclic) bond motifs is 1. The number of benzene rings is 2. The number of aliphatic hydroxyl groups excluding tert-OH is 1. The third-order valence-electron chi connectivity index (χ3n) is 6.02. The van der Waals surface area contributed by atoms with Crippen molar-refractivity contribution in [1.29, 1.82) is 0 Å². The first-order valence-electron chi connectivity index (χ1n) is 11.1. The monoisotopic (exact) mass is 477 g/mol. The van der Waals surface area contributed by atoms with Crippen LogP contribution >= 0.6 is 0 Å². The van der Waals surface area contributed by atoms with E-state index >= 15 is 4.39 Å². The average molecular weight is 477 g/mol. The molecule has 0 spiro atoms. The third kappa shape index (κ3) is 4.45. The zero-order valence-corrected chi connectivity index (χ0v) is 19.3. The lowest BCUT2D eigenvalue weighted by Gasteiger charge is -2.29. The summed E-state index contributed by atoms with van der Waals surface area (Å²) >= 11 is 0. The minimum absolute atomic E-state index is 0.185. The number of methoxy groups -OCH3 is 2. The molecule has 180 valence electrons. The lowest BCUT2D eigenvalue weighted by atomic mass is 9.98. The molecular formula is C25H24FN5O4. The van der Waals surface area contributed by atoms with Crippen LogP contribution in [0.1, 0.15) is 17.4 Å². The summed E-state index contributed by atoms with van der Waals surface area (Å²) in [6.45, 7) is 2.94. The molecule has 35 heavy (non-hydrogen) atoms. The molecule has 1 fully saturated rings. The summed E-state index contributed by atoms with van der Waals surface area (Å²) in [6.07, 6.45) is 0.207. The molecule has 1 aliphatic heterocycles. The van der Waals surface area contributed by atoms with E-state index in [2.05, 4.69) is 25.1 Å². The van der Waals surface area contributed by atoms with Gasteiger partial charge in [0.25, 0.3) is 0 Å². The maximum absolute atomic E-state index is 15.3. The molecule has 0 bridgehead atoms. The van der Waals surface area contributed by atoms with Gasteiger partial charge in [0, 0.05) is 47.4 Å². The van der Waals surface area contributed by atoms with Crippen molar-refractivity contribution in [2.75, 3.05) is 45.4 Å². The molecule has 2 aromatic heterocycles. The van der Waals surface area contributed by atoms with Crippen molar-refractivity contribution in [2.45, 2.75) is 6.10 Å². The van der Waals surface area contributed by atoms with Crippen LogP contribution in [0, 0.1) is 5.82 Å². The Balaban J connectivity index is 1.57. The zero-order chi connectivity index (χ0) is 24.4. The number of morpholine rings is 1. The lowest BCUT2D eigenvalue weighted by Crippen LogP contribution is -2.36. The van der Waals surface area contributed by atoms with Crippen molar-refractivity contribution in [3.05, 3.63) is 65.9 Å². The molecule has 1 aliphatic rings. The highest BCUT2D eigenvalue weighted by Gasteiger charge is 2.23. The van der Waals surface area contributed by atoms with E-state index in [9.17, 15) is 5.11 Å². The largest absolute Gasteiger partial charge is 0.496 e. The highest BCUT2D eigenvalue weighted by atomic mass is 19.1. The van der Waals surface area contributed by atoms with Crippen LogP contribution in [0.4, 0.5) is 10.1 Å². The van der Waals surface area contributed by atoms with Crippen molar-refractivity contribution in [1.82, 2.24) is 20.2 Å². The van der Waals surface area contributed by atoms with Gasteiger partial charge in [-0.1, -0.05) is 0 Å². The molecule has 1 saturated heterocycles. The topological polar surface area (TPSA) is 103 Å². The molecule has 9 nitrogen and oxygen atoms in total. The Bertz CT molecular complexity index is 1350. The number of nitrogens with zero attached hydrogens (tertiary/aromatic N) is 5. The van der Waals surface area contributed by atoms with Gasteiger partial charge in [0.2, 0.25) is 5.88 Å². The number of anilines is 1. The number of aliphatic hydroxyl groups is 1. The minimum atomic E-state index is -1.20. The van der Waals surface area contributed by atoms with Gasteiger partial charge in [0.15, 0.2) is 0 Å². The summed E-state index contributed by atoms with van der Waals surface area (Å²) in [5.41, 5.74) is 2.95. The summed E-state index contributed by atoms with van der Waals surface area (Å²) < 4.78 is 31.1. The summed E-state index contributed by atoms with van der Waals surface area (Å²) in [6, 6.07) is 11.8. The predicted molar refractivity (Wildman–Crippen MR) is 127 cm³/mol. The van der Waals surface area contributed by atoms with Crippen LogP contribution in [0.5, 0.6) is 11.6 Å². The molecule has 1 unspecified atom stereocenters. The average Bonchev–Trinajstić information content (AvgIpc) is 2.92. The Morgan fingerprint density at radius 1 is 1.00 bits per heavy atom. The second-order valence-corrected chi connectivity index (χ2v) is 8.00. The van der Waals surface area contributed by atoms with Gasteiger partial charge in [0.1, 0.15) is 24.0 Å². The zero-order valence-electron chi connectivity index (χ0n) is 19.3. The third-order valence-corrected chi connectivity index (χ3v) is 6.02. The molecular weight excluding hydrogens is 453 g/mol. The van der Waals surface area contributed by atoms with Crippen molar-refractivity contribution in [3.8, 4) is 22.9 Å². The summed E-state index contributed by atoms with van der Waals surface area (Å²) in [5, 5.41) is 19.6. The van der Waals surface area contributed by atoms with Crippen LogP contribution in [-0.4, -0.2) is 65.8 Å². The van der Waals surface area contributed by atoms with E-state index < -0.39 is 11.9 Å². The van der Waals surface area contributed by atoms with E-state index in [1.807, 2.05) is 18.2 Å². The van der Waals surface area contributed by atoms with Gasteiger partial charge in [-0.15, -0.1) is 10.2 Å². The minimum Gasteiger partial charge on any atom is -0.496 e. The van der Waals surface area contributed by atoms with Gasteiger partial charge >= 0.3 is 0 Å². The fraction of sp³-hybridized carbons (Fsp3) is 0.280. The number of ether oxygens (including phenoxy) is 3. The second kappa shape index (κ2) is 9.77. The van der Waals surface area contributed by atoms with E-state index in [4.69, 9.17) is 14.2 Å². The Morgan fingerprint density at radius 3 is 2.54 bits per heavy atom. The summed E-state index contributed by atoms with van der Waals surface area (Å²) in [4.78, 5) is 11.0. The molecule has 0 aliphatic carbocycles. The molecule has 1 atom stereocenters. The predicted octanol–water partition coefficient (Wildman–Crippen LogP) is 3.16. The lowest BCUT2D eigenvalue weighted by molar-refractivity contribution is 0.122. The highest BCUT2D eigenvalue weighted by Crippen LogP contribution is 2.37. The van der Waals surface area contributed by atoms with Crippen molar-refractivity contribution in [3.63, 3.8) is 0 Å². The van der Waals surface area contributed by atoms with Crippen LogP contribution in [0.3, 0.4) is 0 Å². The number of halogens is 1. The van der Waals surface area contributed by atoms with E-state index in [0.29, 0.717) is 41.3 Å². The Labute approximate surface area is 201 Å². The molecule has 4 aromatic rings. The van der Waals surface area contributed by atoms with Gasteiger partial charge in [-0.05, 0) is 30.3 Å². The standard InChI is InChI=1S/C25H24FN5O4/c1-33-22-13-19(26)17(12-18(22)25(32)20-5-6-23(34-2)30-29-20)24-16-4-3-15(11-21(16)27-14-28-24)31-7-9-35-10-8-31/h3-6,11-14,25,32H,7-10H2,1-2H3. The van der Waals surface area contributed by atoms with Gasteiger partial charge in [-0.3, -0.25) is 0 Å². The Kier molecular flexibility index (Phi) is 6.39. The molecule has 10 heteroatoms. The molecule has 1 N–H and O–H groups in total. The van der Waals surface area contributed by atoms with Crippen LogP contribution in [0.2, 0.25) is 0 Å². The highest BCUT2D eigenvalue weighted by molar-refractivity contribution is 5.94. The van der Waals surface area contributed by atoms with Crippen LogP contribution in [0.15, 0.2) is 48.8 Å². The first kappa shape index (κ1) is 22.9. The molecule has 0 amide bonds. The summed E-state index contributed by atoms with van der Waals surface area (Å²) in [7, 11) is 2.89. The molecule has 5 rings (SSSR count). The fourth-order valence-electron chi connectivity index (χ4n) is 4.17. The van der Waals surface area contributed by atoms with Gasteiger partial charge in [0.05, 0.1) is 44.3 Å². The van der Waals surface area contributed by atoms with Crippen LogP contribution in [0.25, 0.3) is 22.2 Å². The van der Waals surface area contributed by atoms with E-state index in [1.165, 1.54) is 32.7 Å². The van der Waals surface area contributed by atoms with Crippen LogP contribution < -0.4 is 14.4 Å². The molecule has 3 heterocycles. The quantitative estimate of drug-likeness (QED) is 0.449. The molecule has 2 aromatic carbocycles. The van der Waals surface area contributed by atoms with Crippen LogP contribution in [-0.2, 0) is 4.74 Å². The van der Waals surface area contributed by atoms with E-state index in [1.54, 1.807) is 12.1 Å². The number of rotatable bonds is 6. The van der Waals surface area contributed by atoms with Crippen molar-refractivity contribution < 1.29 is 23.7 Å². The number of hydrogen-bond donors (Lipinski definition) is 1.